The number of rotatable bonds is 4. The Bertz CT molecular complexity index is 997. The number of carbonyl (C=O) groups is 1. The fourth-order valence-corrected chi connectivity index (χ4v) is 2.34. The van der Waals surface area contributed by atoms with Crippen molar-refractivity contribution in [2.24, 2.45) is 0 Å². The minimum absolute atomic E-state index is 0.202. The lowest BCUT2D eigenvalue weighted by Gasteiger charge is -2.15. The standard InChI is InChI=1S/C17H16N4O4/c1-21(2)10-4-3-5-11(6-10)25-15-7-12-13(18-9-19-16(12)22)8-14(15)20-17(23)24/h3-9,20H,1-2H3,(H,23,24)(H,18,19,22). The molecule has 0 fully saturated rings. The van der Waals surface area contributed by atoms with Crippen LogP contribution in [-0.2, 0) is 0 Å². The van der Waals surface area contributed by atoms with Gasteiger partial charge in [-0.25, -0.2) is 9.78 Å². The lowest BCUT2D eigenvalue weighted by atomic mass is 10.2. The second kappa shape index (κ2) is 6.52. The van der Waals surface area contributed by atoms with E-state index in [0.29, 0.717) is 16.7 Å². The monoisotopic (exact) mass is 340 g/mol. The molecule has 0 radical (unpaired) electrons. The Kier molecular flexibility index (Phi) is 4.25. The topological polar surface area (TPSA) is 108 Å². The molecule has 0 aliphatic heterocycles. The number of nitrogens with one attached hydrogen (secondary N) is 2. The van der Waals surface area contributed by atoms with Crippen LogP contribution < -0.4 is 20.5 Å². The van der Waals surface area contributed by atoms with Gasteiger partial charge in [0.05, 0.1) is 22.9 Å². The minimum atomic E-state index is -1.24. The van der Waals surface area contributed by atoms with E-state index in [1.54, 1.807) is 6.07 Å². The molecule has 0 saturated carbocycles. The quantitative estimate of drug-likeness (QED) is 0.674. The molecule has 0 saturated heterocycles. The third-order valence-corrected chi connectivity index (χ3v) is 3.55. The van der Waals surface area contributed by atoms with Gasteiger partial charge < -0.3 is 19.7 Å². The molecular formula is C17H16N4O4. The third-order valence-electron chi connectivity index (χ3n) is 3.55. The van der Waals surface area contributed by atoms with Crippen LogP contribution in [0.15, 0.2) is 47.5 Å². The first-order valence-corrected chi connectivity index (χ1v) is 7.40. The average Bonchev–Trinajstić information content (AvgIpc) is 2.56. The van der Waals surface area contributed by atoms with Gasteiger partial charge in [0.2, 0.25) is 0 Å². The SMILES string of the molecule is CN(C)c1cccc(Oc2cc3c(=O)[nH]cnc3cc2NC(=O)O)c1. The van der Waals surface area contributed by atoms with Crippen molar-refractivity contribution < 1.29 is 14.6 Å². The van der Waals surface area contributed by atoms with Crippen molar-refractivity contribution in [3.63, 3.8) is 0 Å². The van der Waals surface area contributed by atoms with Crippen LogP contribution in [0.4, 0.5) is 16.2 Å². The minimum Gasteiger partial charge on any atom is -0.465 e. The summed E-state index contributed by atoms with van der Waals surface area (Å²) in [6, 6.07) is 10.2. The van der Waals surface area contributed by atoms with Gasteiger partial charge in [0.15, 0.2) is 5.75 Å². The molecule has 0 atom stereocenters. The summed E-state index contributed by atoms with van der Waals surface area (Å²) < 4.78 is 5.83. The molecule has 8 nitrogen and oxygen atoms in total. The summed E-state index contributed by atoms with van der Waals surface area (Å²) in [5.74, 6) is 0.726. The molecule has 1 amide bonds. The van der Waals surface area contributed by atoms with Crippen LogP contribution in [-0.4, -0.2) is 35.3 Å². The molecule has 0 aliphatic rings. The maximum Gasteiger partial charge on any atom is 0.409 e. The number of carboxylic acid groups (broad SMARTS) is 1. The van der Waals surface area contributed by atoms with Crippen molar-refractivity contribution in [3.8, 4) is 11.5 Å². The number of nitrogens with zero attached hydrogens (tertiary/aromatic N) is 2. The zero-order valence-corrected chi connectivity index (χ0v) is 13.6. The first kappa shape index (κ1) is 16.3. The molecule has 3 N–H and O–H groups in total. The van der Waals surface area contributed by atoms with E-state index < -0.39 is 6.09 Å². The zero-order valence-electron chi connectivity index (χ0n) is 13.6. The van der Waals surface area contributed by atoms with Crippen molar-refractivity contribution in [3.05, 3.63) is 53.1 Å². The number of aromatic nitrogens is 2. The van der Waals surface area contributed by atoms with Crippen LogP contribution in [0.2, 0.25) is 0 Å². The van der Waals surface area contributed by atoms with Gasteiger partial charge in [-0.15, -0.1) is 0 Å². The van der Waals surface area contributed by atoms with Gasteiger partial charge in [-0.3, -0.25) is 10.1 Å². The molecular weight excluding hydrogens is 324 g/mol. The zero-order chi connectivity index (χ0) is 18.0. The summed E-state index contributed by atoms with van der Waals surface area (Å²) in [5, 5.41) is 11.6. The number of hydrogen-bond acceptors (Lipinski definition) is 5. The molecule has 8 heteroatoms. The highest BCUT2D eigenvalue weighted by Crippen LogP contribution is 2.33. The van der Waals surface area contributed by atoms with Crippen molar-refractivity contribution >= 4 is 28.4 Å². The van der Waals surface area contributed by atoms with Crippen molar-refractivity contribution in [2.45, 2.75) is 0 Å². The van der Waals surface area contributed by atoms with Crippen LogP contribution in [0.25, 0.3) is 10.9 Å². The Hall–Kier alpha value is -3.55. The Morgan fingerprint density at radius 3 is 2.80 bits per heavy atom. The number of fused-ring (bicyclic) bond motifs is 1. The molecule has 1 aromatic heterocycles. The second-order valence-corrected chi connectivity index (χ2v) is 5.52. The maximum atomic E-state index is 12.0. The van der Waals surface area contributed by atoms with E-state index in [0.717, 1.165) is 5.69 Å². The molecule has 128 valence electrons. The van der Waals surface area contributed by atoms with Crippen LogP contribution in [0.1, 0.15) is 0 Å². The smallest absolute Gasteiger partial charge is 0.409 e. The van der Waals surface area contributed by atoms with Crippen molar-refractivity contribution in [1.82, 2.24) is 9.97 Å². The fraction of sp³-hybridized carbons (Fsp3) is 0.118. The van der Waals surface area contributed by atoms with E-state index in [-0.39, 0.29) is 17.0 Å². The van der Waals surface area contributed by atoms with Crippen LogP contribution in [0.3, 0.4) is 0 Å². The molecule has 3 rings (SSSR count). The predicted octanol–water partition coefficient (Wildman–Crippen LogP) is 2.87. The summed E-state index contributed by atoms with van der Waals surface area (Å²) in [6.45, 7) is 0. The van der Waals surface area contributed by atoms with Gasteiger partial charge in [0, 0.05) is 25.8 Å². The normalized spacial score (nSPS) is 10.5. The molecule has 25 heavy (non-hydrogen) atoms. The van der Waals surface area contributed by atoms with Crippen LogP contribution in [0, 0.1) is 0 Å². The lowest BCUT2D eigenvalue weighted by Crippen LogP contribution is -2.11. The molecule has 3 aromatic rings. The van der Waals surface area contributed by atoms with E-state index in [2.05, 4.69) is 15.3 Å². The summed E-state index contributed by atoms with van der Waals surface area (Å²) in [6.07, 6.45) is 0.0205. The maximum absolute atomic E-state index is 12.0. The Morgan fingerprint density at radius 2 is 2.08 bits per heavy atom. The van der Waals surface area contributed by atoms with Crippen LogP contribution >= 0.6 is 0 Å². The number of ether oxygens (including phenoxy) is 1. The van der Waals surface area contributed by atoms with Gasteiger partial charge in [-0.05, 0) is 24.3 Å². The first-order valence-electron chi connectivity index (χ1n) is 7.40. The number of H-pyrrole nitrogens is 1. The predicted molar refractivity (Wildman–Crippen MR) is 94.9 cm³/mol. The highest BCUT2D eigenvalue weighted by molar-refractivity contribution is 5.91. The average molecular weight is 340 g/mol. The number of benzene rings is 2. The van der Waals surface area contributed by atoms with Crippen molar-refractivity contribution in [1.29, 1.82) is 0 Å². The van der Waals surface area contributed by atoms with Gasteiger partial charge in [-0.1, -0.05) is 6.07 Å². The number of anilines is 2. The van der Waals surface area contributed by atoms with E-state index in [1.807, 2.05) is 37.2 Å². The third kappa shape index (κ3) is 3.52. The summed E-state index contributed by atoms with van der Waals surface area (Å²) in [7, 11) is 3.80. The summed E-state index contributed by atoms with van der Waals surface area (Å²) >= 11 is 0. The van der Waals surface area contributed by atoms with E-state index in [4.69, 9.17) is 9.84 Å². The molecule has 2 aromatic carbocycles. The largest absolute Gasteiger partial charge is 0.465 e. The van der Waals surface area contributed by atoms with Crippen molar-refractivity contribution in [2.75, 3.05) is 24.3 Å². The first-order chi connectivity index (χ1) is 11.9. The van der Waals surface area contributed by atoms with Gasteiger partial charge in [0.1, 0.15) is 5.75 Å². The van der Waals surface area contributed by atoms with E-state index in [9.17, 15) is 9.59 Å². The lowest BCUT2D eigenvalue weighted by molar-refractivity contribution is 0.209. The number of hydrogen-bond donors (Lipinski definition) is 3. The highest BCUT2D eigenvalue weighted by Gasteiger charge is 2.13. The molecule has 1 heterocycles. The fourth-order valence-electron chi connectivity index (χ4n) is 2.34. The number of amides is 1. The Morgan fingerprint density at radius 1 is 1.28 bits per heavy atom. The summed E-state index contributed by atoms with van der Waals surface area (Å²) in [4.78, 5) is 31.5. The van der Waals surface area contributed by atoms with E-state index >= 15 is 0 Å². The van der Waals surface area contributed by atoms with Crippen LogP contribution in [0.5, 0.6) is 11.5 Å². The van der Waals surface area contributed by atoms with Gasteiger partial charge in [0.25, 0.3) is 5.56 Å². The van der Waals surface area contributed by atoms with Gasteiger partial charge in [-0.2, -0.15) is 0 Å². The van der Waals surface area contributed by atoms with Gasteiger partial charge >= 0.3 is 6.09 Å². The molecule has 0 bridgehead atoms. The number of aromatic amines is 1. The Balaban J connectivity index is 2.09. The molecule has 0 spiro atoms. The second-order valence-electron chi connectivity index (χ2n) is 5.52. The Labute approximate surface area is 142 Å². The highest BCUT2D eigenvalue weighted by atomic mass is 16.5. The molecule has 0 aliphatic carbocycles. The van der Waals surface area contributed by atoms with E-state index in [1.165, 1.54) is 18.5 Å². The summed E-state index contributed by atoms with van der Waals surface area (Å²) in [5.41, 5.74) is 1.15. The molecule has 0 unspecified atom stereocenters.